The van der Waals surface area contributed by atoms with Gasteiger partial charge in [0.15, 0.2) is 0 Å². The number of aromatic nitrogens is 1. The highest BCUT2D eigenvalue weighted by molar-refractivity contribution is 9.10. The molecule has 0 fully saturated rings. The van der Waals surface area contributed by atoms with E-state index in [1.807, 2.05) is 38.0 Å². The number of halogens is 1. The van der Waals surface area contributed by atoms with Gasteiger partial charge in [0.05, 0.1) is 4.47 Å². The number of aromatic hydroxyl groups is 1. The number of fused-ring (bicyclic) bond motifs is 1. The summed E-state index contributed by atoms with van der Waals surface area (Å²) in [5.41, 5.74) is 3.35. The molecule has 0 saturated heterocycles. The molecule has 0 aliphatic heterocycles. The second kappa shape index (κ2) is 7.21. The Labute approximate surface area is 155 Å². The molecule has 3 rings (SSSR count). The molecule has 0 unspecified atom stereocenters. The molecule has 1 aromatic heterocycles. The van der Waals surface area contributed by atoms with Crippen LogP contribution in [0.1, 0.15) is 11.3 Å². The second-order valence-electron chi connectivity index (χ2n) is 6.15. The maximum atomic E-state index is 10.5. The van der Waals surface area contributed by atoms with E-state index >= 15 is 0 Å². The van der Waals surface area contributed by atoms with Crippen molar-refractivity contribution in [3.63, 3.8) is 0 Å². The van der Waals surface area contributed by atoms with Crippen molar-refractivity contribution in [3.05, 3.63) is 58.2 Å². The molecule has 0 radical (unpaired) electrons. The quantitative estimate of drug-likeness (QED) is 0.606. The lowest BCUT2D eigenvalue weighted by atomic mass is 10.1. The van der Waals surface area contributed by atoms with E-state index in [-0.39, 0.29) is 0 Å². The van der Waals surface area contributed by atoms with Crippen LogP contribution in [0.15, 0.2) is 51.8 Å². The zero-order valence-electron chi connectivity index (χ0n) is 14.1. The lowest BCUT2D eigenvalue weighted by Gasteiger charge is -2.14. The molecule has 24 heavy (non-hydrogen) atoms. The number of nitrogens with zero attached hydrogens (tertiary/aromatic N) is 2. The molecule has 0 aliphatic carbocycles. The van der Waals surface area contributed by atoms with Gasteiger partial charge in [0.25, 0.3) is 0 Å². The molecule has 0 atom stereocenters. The van der Waals surface area contributed by atoms with Gasteiger partial charge >= 0.3 is 0 Å². The first-order valence-corrected chi connectivity index (χ1v) is 9.56. The highest BCUT2D eigenvalue weighted by Crippen LogP contribution is 2.37. The summed E-state index contributed by atoms with van der Waals surface area (Å²) in [6.07, 6.45) is 0. The van der Waals surface area contributed by atoms with Crippen LogP contribution in [0.25, 0.3) is 10.9 Å². The maximum absolute atomic E-state index is 10.5. The molecule has 3 nitrogen and oxygen atoms in total. The molecular weight excluding hydrogens is 384 g/mol. The standard InChI is InChI=1S/C19H21BrN2OS/c1-21(2)11-16-15-9-13(12-24-14-7-5-4-6-8-14)22(3)18(15)10-17(20)19(16)23/h4-10,23H,11-12H2,1-3H3. The van der Waals surface area contributed by atoms with Gasteiger partial charge in [-0.15, -0.1) is 11.8 Å². The van der Waals surface area contributed by atoms with Gasteiger partial charge in [-0.3, -0.25) is 0 Å². The average Bonchev–Trinajstić information content (AvgIpc) is 2.87. The van der Waals surface area contributed by atoms with Gasteiger partial charge in [0, 0.05) is 46.4 Å². The zero-order chi connectivity index (χ0) is 17.3. The van der Waals surface area contributed by atoms with Crippen molar-refractivity contribution >= 4 is 38.6 Å². The number of aryl methyl sites for hydroxylation is 1. The van der Waals surface area contributed by atoms with Gasteiger partial charge in [-0.2, -0.15) is 0 Å². The number of thioether (sulfide) groups is 1. The van der Waals surface area contributed by atoms with Gasteiger partial charge in [0.1, 0.15) is 5.75 Å². The Balaban J connectivity index is 2.00. The third-order valence-electron chi connectivity index (χ3n) is 4.08. The molecule has 5 heteroatoms. The van der Waals surface area contributed by atoms with Gasteiger partial charge in [0.2, 0.25) is 0 Å². The molecule has 126 valence electrons. The van der Waals surface area contributed by atoms with Crippen LogP contribution in [-0.2, 0) is 19.3 Å². The zero-order valence-corrected chi connectivity index (χ0v) is 16.5. The van der Waals surface area contributed by atoms with E-state index in [0.29, 0.717) is 12.3 Å². The predicted octanol–water partition coefficient (Wildman–Crippen LogP) is 5.00. The Morgan fingerprint density at radius 1 is 1.17 bits per heavy atom. The van der Waals surface area contributed by atoms with Crippen molar-refractivity contribution in [2.45, 2.75) is 17.2 Å². The molecule has 1 N–H and O–H groups in total. The van der Waals surface area contributed by atoms with Crippen LogP contribution >= 0.6 is 27.7 Å². The van der Waals surface area contributed by atoms with Gasteiger partial charge in [-0.05, 0) is 54.3 Å². The van der Waals surface area contributed by atoms with E-state index in [0.717, 1.165) is 26.7 Å². The number of hydrogen-bond acceptors (Lipinski definition) is 3. The SMILES string of the molecule is CN(C)Cc1c(O)c(Br)cc2c1cc(CSc1ccccc1)n2C. The van der Waals surface area contributed by atoms with E-state index in [1.54, 1.807) is 0 Å². The van der Waals surface area contributed by atoms with Crippen LogP contribution in [0.5, 0.6) is 5.75 Å². The predicted molar refractivity (Wildman–Crippen MR) is 106 cm³/mol. The molecule has 1 heterocycles. The van der Waals surface area contributed by atoms with Gasteiger partial charge in [-0.25, -0.2) is 0 Å². The topological polar surface area (TPSA) is 28.4 Å². The summed E-state index contributed by atoms with van der Waals surface area (Å²) in [6, 6.07) is 14.6. The third-order valence-corrected chi connectivity index (χ3v) is 5.73. The number of hydrogen-bond donors (Lipinski definition) is 1. The molecule has 0 saturated carbocycles. The summed E-state index contributed by atoms with van der Waals surface area (Å²) in [7, 11) is 6.12. The average molecular weight is 405 g/mol. The van der Waals surface area contributed by atoms with Crippen LogP contribution in [0.4, 0.5) is 0 Å². The smallest absolute Gasteiger partial charge is 0.135 e. The molecule has 3 aromatic rings. The lowest BCUT2D eigenvalue weighted by molar-refractivity contribution is 0.387. The minimum absolute atomic E-state index is 0.337. The number of benzene rings is 2. The first kappa shape index (κ1) is 17.4. The van der Waals surface area contributed by atoms with Gasteiger partial charge in [-0.1, -0.05) is 18.2 Å². The van der Waals surface area contributed by atoms with E-state index < -0.39 is 0 Å². The largest absolute Gasteiger partial charge is 0.506 e. The van der Waals surface area contributed by atoms with Crippen molar-refractivity contribution in [1.82, 2.24) is 9.47 Å². The molecule has 0 amide bonds. The van der Waals surface area contributed by atoms with E-state index in [2.05, 4.69) is 62.8 Å². The van der Waals surface area contributed by atoms with Crippen molar-refractivity contribution in [1.29, 1.82) is 0 Å². The summed E-state index contributed by atoms with van der Waals surface area (Å²) in [4.78, 5) is 3.34. The molecule has 2 aromatic carbocycles. The lowest BCUT2D eigenvalue weighted by Crippen LogP contribution is -2.11. The number of rotatable bonds is 5. The fourth-order valence-electron chi connectivity index (χ4n) is 2.84. The van der Waals surface area contributed by atoms with Crippen LogP contribution in [0.2, 0.25) is 0 Å². The molecule has 0 bridgehead atoms. The van der Waals surface area contributed by atoms with Gasteiger partial charge < -0.3 is 14.6 Å². The normalized spacial score (nSPS) is 11.5. The fourth-order valence-corrected chi connectivity index (χ4v) is 4.24. The summed E-state index contributed by atoms with van der Waals surface area (Å²) in [5, 5.41) is 11.6. The van der Waals surface area contributed by atoms with Crippen molar-refractivity contribution in [2.24, 2.45) is 7.05 Å². The first-order valence-electron chi connectivity index (χ1n) is 7.78. The first-order chi connectivity index (χ1) is 11.5. The monoisotopic (exact) mass is 404 g/mol. The fraction of sp³-hybridized carbons (Fsp3) is 0.263. The van der Waals surface area contributed by atoms with E-state index in [9.17, 15) is 5.11 Å². The second-order valence-corrected chi connectivity index (χ2v) is 8.06. The Morgan fingerprint density at radius 2 is 1.88 bits per heavy atom. The van der Waals surface area contributed by atoms with E-state index in [1.165, 1.54) is 10.6 Å². The van der Waals surface area contributed by atoms with Crippen LogP contribution in [0.3, 0.4) is 0 Å². The Hall–Kier alpha value is -1.43. The summed E-state index contributed by atoms with van der Waals surface area (Å²) >= 11 is 5.31. The molecule has 0 aliphatic rings. The molecule has 0 spiro atoms. The van der Waals surface area contributed by atoms with Crippen LogP contribution in [0, 0.1) is 0 Å². The minimum Gasteiger partial charge on any atom is -0.506 e. The van der Waals surface area contributed by atoms with E-state index in [4.69, 9.17) is 0 Å². The van der Waals surface area contributed by atoms with Crippen molar-refractivity contribution in [2.75, 3.05) is 14.1 Å². The number of phenols is 1. The van der Waals surface area contributed by atoms with Crippen LogP contribution in [-0.4, -0.2) is 28.7 Å². The maximum Gasteiger partial charge on any atom is 0.135 e. The summed E-state index contributed by atoms with van der Waals surface area (Å²) in [6.45, 7) is 0.705. The highest BCUT2D eigenvalue weighted by Gasteiger charge is 2.16. The number of phenolic OH excluding ortho intramolecular Hbond substituents is 1. The van der Waals surface area contributed by atoms with Crippen LogP contribution < -0.4 is 0 Å². The van der Waals surface area contributed by atoms with Crippen molar-refractivity contribution in [3.8, 4) is 5.75 Å². The molecular formula is C19H21BrN2OS. The Bertz CT molecular complexity index is 859. The summed E-state index contributed by atoms with van der Waals surface area (Å²) in [5.74, 6) is 1.23. The summed E-state index contributed by atoms with van der Waals surface area (Å²) < 4.78 is 2.96. The Kier molecular flexibility index (Phi) is 5.23. The third kappa shape index (κ3) is 3.48. The highest BCUT2D eigenvalue weighted by atomic mass is 79.9. The minimum atomic E-state index is 0.337. The van der Waals surface area contributed by atoms with Crippen molar-refractivity contribution < 1.29 is 5.11 Å². The Morgan fingerprint density at radius 3 is 2.54 bits per heavy atom.